The number of hydrogen-bond donors (Lipinski definition) is 1. The molecule has 0 spiro atoms. The zero-order valence-electron chi connectivity index (χ0n) is 21.2. The molecule has 3 aliphatic rings. The fourth-order valence-corrected chi connectivity index (χ4v) is 4.30. The molecule has 3 rings (SSSR count). The molecule has 0 aromatic rings. The van der Waals surface area contributed by atoms with E-state index in [2.05, 4.69) is 11.8 Å². The number of nitrogens with zero attached hydrogens (tertiary/aromatic N) is 1. The summed E-state index contributed by atoms with van der Waals surface area (Å²) in [6, 6.07) is -0.675. The van der Waals surface area contributed by atoms with E-state index < -0.39 is 53.7 Å². The number of hydrogen-bond acceptors (Lipinski definition) is 9. The van der Waals surface area contributed by atoms with E-state index in [1.54, 1.807) is 20.8 Å². The van der Waals surface area contributed by atoms with E-state index in [1.165, 1.54) is 0 Å². The van der Waals surface area contributed by atoms with E-state index in [0.29, 0.717) is 13.0 Å². The molecule has 0 radical (unpaired) electrons. The van der Waals surface area contributed by atoms with Crippen LogP contribution in [-0.2, 0) is 33.2 Å². The van der Waals surface area contributed by atoms with Crippen LogP contribution in [0.4, 0.5) is 0 Å². The summed E-state index contributed by atoms with van der Waals surface area (Å²) in [7, 11) is 0. The molecular weight excluding hydrogens is 430 g/mol. The summed E-state index contributed by atoms with van der Waals surface area (Å²) in [6.07, 6.45) is -2.25. The maximum atomic E-state index is 12.1. The van der Waals surface area contributed by atoms with Crippen LogP contribution < -0.4 is 0 Å². The summed E-state index contributed by atoms with van der Waals surface area (Å²) in [6.45, 7) is 17.0. The van der Waals surface area contributed by atoms with Crippen molar-refractivity contribution < 1.29 is 38.4 Å². The van der Waals surface area contributed by atoms with Gasteiger partial charge in [0.05, 0.1) is 12.6 Å². The number of carbonyl (C=O) groups is 1. The van der Waals surface area contributed by atoms with E-state index in [0.717, 1.165) is 5.06 Å². The second-order valence-electron chi connectivity index (χ2n) is 11.2. The molecule has 1 N–H and O–H groups in total. The Balaban J connectivity index is 1.81. The zero-order chi connectivity index (χ0) is 24.8. The van der Waals surface area contributed by atoms with Gasteiger partial charge < -0.3 is 33.6 Å². The van der Waals surface area contributed by atoms with Gasteiger partial charge in [0.15, 0.2) is 17.8 Å². The maximum absolute atomic E-state index is 12.1. The van der Waals surface area contributed by atoms with Crippen molar-refractivity contribution in [3.63, 3.8) is 0 Å². The maximum Gasteiger partial charge on any atom is 0.384 e. The van der Waals surface area contributed by atoms with Gasteiger partial charge in [-0.25, -0.2) is 4.79 Å². The Bertz CT molecular complexity index is 778. The summed E-state index contributed by atoms with van der Waals surface area (Å²) in [4.78, 5) is 12.1. The molecule has 0 bridgehead atoms. The van der Waals surface area contributed by atoms with E-state index in [1.807, 2.05) is 41.5 Å². The molecule has 0 amide bonds. The highest BCUT2D eigenvalue weighted by molar-refractivity contribution is 5.88. The minimum absolute atomic E-state index is 0.204. The molecule has 9 nitrogen and oxygen atoms in total. The summed E-state index contributed by atoms with van der Waals surface area (Å²) in [5.41, 5.74) is -0.648. The van der Waals surface area contributed by atoms with Crippen LogP contribution in [0.15, 0.2) is 0 Å². The van der Waals surface area contributed by atoms with E-state index in [4.69, 9.17) is 28.4 Å². The van der Waals surface area contributed by atoms with Gasteiger partial charge in [0, 0.05) is 5.92 Å². The fourth-order valence-electron chi connectivity index (χ4n) is 4.30. The van der Waals surface area contributed by atoms with Crippen LogP contribution in [0.2, 0.25) is 0 Å². The minimum atomic E-state index is -0.856. The Labute approximate surface area is 196 Å². The standard InChI is InChI=1S/C24H39NO8/c1-14(2)12-15(10-11-17(26)31-22(3,4)5)25(27)21-20-19(32-24(8,9)33-20)18(29-21)16-13-28-23(6,7)30-16/h14-16,18-21,27H,12-13H2,1-9H3/t15-,16+,18+,19-,20-,21+/m0/s1. The van der Waals surface area contributed by atoms with Gasteiger partial charge >= 0.3 is 5.97 Å². The van der Waals surface area contributed by atoms with Gasteiger partial charge in [-0.05, 0) is 60.8 Å². The topological polar surface area (TPSA) is 95.9 Å². The Morgan fingerprint density at radius 2 is 1.73 bits per heavy atom. The van der Waals surface area contributed by atoms with Crippen molar-refractivity contribution in [3.05, 3.63) is 0 Å². The van der Waals surface area contributed by atoms with Crippen molar-refractivity contribution in [1.82, 2.24) is 5.06 Å². The second kappa shape index (κ2) is 9.42. The van der Waals surface area contributed by atoms with Crippen LogP contribution in [0.5, 0.6) is 0 Å². The molecule has 0 aliphatic carbocycles. The molecule has 188 valence electrons. The SMILES string of the molecule is CC(C)C[C@H](C#CC(=O)OC(C)(C)C)N(O)[C@@H]1O[C@H]([C@H]2COC(C)(C)O2)[C@@H]2OC(C)(C)O[C@@H]21. The lowest BCUT2D eigenvalue weighted by molar-refractivity contribution is -0.278. The second-order valence-corrected chi connectivity index (χ2v) is 11.2. The summed E-state index contributed by atoms with van der Waals surface area (Å²) >= 11 is 0. The molecule has 3 saturated heterocycles. The molecule has 0 unspecified atom stereocenters. The normalized spacial score (nSPS) is 33.6. The van der Waals surface area contributed by atoms with Gasteiger partial charge in [-0.15, -0.1) is 5.06 Å². The highest BCUT2D eigenvalue weighted by Crippen LogP contribution is 2.43. The van der Waals surface area contributed by atoms with Gasteiger partial charge in [-0.3, -0.25) is 0 Å². The molecular formula is C24H39NO8. The average Bonchev–Trinajstić information content (AvgIpc) is 3.25. The highest BCUT2D eigenvalue weighted by Gasteiger charge is 2.60. The lowest BCUT2D eigenvalue weighted by Gasteiger charge is -2.32. The van der Waals surface area contributed by atoms with Crippen LogP contribution in [-0.4, -0.2) is 76.7 Å². The van der Waals surface area contributed by atoms with Gasteiger partial charge in [0.1, 0.15) is 30.0 Å². The first-order chi connectivity index (χ1) is 15.1. The van der Waals surface area contributed by atoms with Crippen LogP contribution in [0.3, 0.4) is 0 Å². The number of ether oxygens (including phenoxy) is 6. The lowest BCUT2D eigenvalue weighted by Crippen LogP contribution is -2.47. The largest absolute Gasteiger partial charge is 0.450 e. The smallest absolute Gasteiger partial charge is 0.384 e. The summed E-state index contributed by atoms with van der Waals surface area (Å²) in [5, 5.41) is 12.3. The van der Waals surface area contributed by atoms with Crippen LogP contribution in [0.1, 0.15) is 68.7 Å². The average molecular weight is 470 g/mol. The van der Waals surface area contributed by atoms with Gasteiger partial charge in [-0.2, -0.15) is 0 Å². The molecule has 0 saturated carbocycles. The van der Waals surface area contributed by atoms with Crippen molar-refractivity contribution in [3.8, 4) is 11.8 Å². The molecule has 33 heavy (non-hydrogen) atoms. The number of fused-ring (bicyclic) bond motifs is 1. The van der Waals surface area contributed by atoms with Crippen LogP contribution >= 0.6 is 0 Å². The first kappa shape index (κ1) is 26.4. The third-order valence-electron chi connectivity index (χ3n) is 5.48. The number of rotatable bonds is 5. The highest BCUT2D eigenvalue weighted by atomic mass is 16.8. The van der Waals surface area contributed by atoms with Crippen molar-refractivity contribution in [2.45, 2.75) is 123 Å². The molecule has 3 heterocycles. The minimum Gasteiger partial charge on any atom is -0.450 e. The van der Waals surface area contributed by atoms with Crippen molar-refractivity contribution in [1.29, 1.82) is 0 Å². The van der Waals surface area contributed by atoms with Crippen LogP contribution in [0.25, 0.3) is 0 Å². The number of carbonyl (C=O) groups excluding carboxylic acids is 1. The Morgan fingerprint density at radius 1 is 1.09 bits per heavy atom. The van der Waals surface area contributed by atoms with E-state index in [9.17, 15) is 10.0 Å². The molecule has 9 heteroatoms. The van der Waals surface area contributed by atoms with E-state index >= 15 is 0 Å². The van der Waals surface area contributed by atoms with Gasteiger partial charge in [0.25, 0.3) is 0 Å². The molecule has 3 aliphatic heterocycles. The number of hydroxylamine groups is 2. The fraction of sp³-hybridized carbons (Fsp3) is 0.875. The predicted molar refractivity (Wildman–Crippen MR) is 118 cm³/mol. The van der Waals surface area contributed by atoms with Crippen molar-refractivity contribution >= 4 is 5.97 Å². The molecule has 6 atom stereocenters. The van der Waals surface area contributed by atoms with Crippen LogP contribution in [0, 0.1) is 17.8 Å². The summed E-state index contributed by atoms with van der Waals surface area (Å²) < 4.78 is 35.5. The van der Waals surface area contributed by atoms with Gasteiger partial charge in [-0.1, -0.05) is 19.8 Å². The first-order valence-electron chi connectivity index (χ1n) is 11.6. The monoisotopic (exact) mass is 469 g/mol. The quantitative estimate of drug-likeness (QED) is 0.282. The predicted octanol–water partition coefficient (Wildman–Crippen LogP) is 2.83. The molecule has 0 aromatic heterocycles. The Kier molecular flexibility index (Phi) is 7.52. The summed E-state index contributed by atoms with van der Waals surface area (Å²) in [5.74, 6) is 3.37. The lowest BCUT2D eigenvalue weighted by atomic mass is 10.0. The van der Waals surface area contributed by atoms with E-state index in [-0.39, 0.29) is 12.0 Å². The molecule has 0 aromatic carbocycles. The van der Waals surface area contributed by atoms with Crippen molar-refractivity contribution in [2.24, 2.45) is 5.92 Å². The Morgan fingerprint density at radius 3 is 2.27 bits per heavy atom. The number of esters is 1. The first-order valence-corrected chi connectivity index (χ1v) is 11.6. The third-order valence-corrected chi connectivity index (χ3v) is 5.48. The van der Waals surface area contributed by atoms with Gasteiger partial charge in [0.2, 0.25) is 0 Å². The van der Waals surface area contributed by atoms with Crippen molar-refractivity contribution in [2.75, 3.05) is 6.61 Å². The third kappa shape index (κ3) is 6.67. The Hall–Kier alpha value is -1.25. The zero-order valence-corrected chi connectivity index (χ0v) is 21.2. The molecule has 3 fully saturated rings.